The number of fused-ring (bicyclic) bond motifs is 2. The van der Waals surface area contributed by atoms with Crippen LogP contribution in [0.2, 0.25) is 0 Å². The van der Waals surface area contributed by atoms with Crippen LogP contribution in [0, 0.1) is 18.8 Å². The van der Waals surface area contributed by atoms with Gasteiger partial charge in [0.05, 0.1) is 5.52 Å². The summed E-state index contributed by atoms with van der Waals surface area (Å²) >= 11 is 0. The Balaban J connectivity index is 1.21. The lowest BCUT2D eigenvalue weighted by atomic mass is 10.1. The number of nitrogens with one attached hydrogen (secondary N) is 1. The van der Waals surface area contributed by atoms with Gasteiger partial charge in [0.1, 0.15) is 35.5 Å². The van der Waals surface area contributed by atoms with E-state index in [9.17, 15) is 4.79 Å². The number of aryl methyl sites for hydroxylation is 1. The molecule has 0 saturated carbocycles. The number of hydrogen-bond donors (Lipinski definition) is 1. The van der Waals surface area contributed by atoms with Crippen molar-refractivity contribution in [3.05, 3.63) is 66.9 Å². The quantitative estimate of drug-likeness (QED) is 0.335. The number of piperazine rings is 1. The molecule has 11 heteroatoms. The molecule has 40 heavy (non-hydrogen) atoms. The van der Waals surface area contributed by atoms with Crippen LogP contribution in [-0.2, 0) is 4.79 Å². The molecule has 1 atom stereocenters. The van der Waals surface area contributed by atoms with Crippen molar-refractivity contribution in [1.29, 1.82) is 0 Å². The minimum Gasteiger partial charge on any atom is -0.457 e. The summed E-state index contributed by atoms with van der Waals surface area (Å²) in [6.07, 6.45) is 4.84. The highest BCUT2D eigenvalue weighted by Crippen LogP contribution is 2.30. The summed E-state index contributed by atoms with van der Waals surface area (Å²) in [4.78, 5) is 34.3. The molecule has 0 bridgehead atoms. The van der Waals surface area contributed by atoms with Crippen LogP contribution in [0.25, 0.3) is 16.7 Å². The monoisotopic (exact) mass is 533 g/mol. The van der Waals surface area contributed by atoms with Gasteiger partial charge in [-0.2, -0.15) is 5.10 Å². The summed E-state index contributed by atoms with van der Waals surface area (Å²) in [5, 5.41) is 7.51. The molecule has 5 aromatic rings. The largest absolute Gasteiger partial charge is 0.457 e. The molecular formula is C29H27N9O2. The maximum atomic E-state index is 12.2. The number of rotatable bonds is 5. The molecule has 11 nitrogen and oxygen atoms in total. The summed E-state index contributed by atoms with van der Waals surface area (Å²) in [6, 6.07) is 13.5. The van der Waals surface area contributed by atoms with E-state index in [2.05, 4.69) is 49.0 Å². The average Bonchev–Trinajstić information content (AvgIpc) is 3.43. The van der Waals surface area contributed by atoms with Crippen LogP contribution < -0.4 is 15.0 Å². The lowest BCUT2D eigenvalue weighted by Gasteiger charge is -2.39. The van der Waals surface area contributed by atoms with Crippen LogP contribution in [0.4, 0.5) is 17.3 Å². The molecule has 0 aliphatic carbocycles. The fourth-order valence-corrected chi connectivity index (χ4v) is 4.82. The van der Waals surface area contributed by atoms with Crippen LogP contribution in [0.15, 0.2) is 61.3 Å². The number of pyridine rings is 2. The molecule has 1 aromatic carbocycles. The van der Waals surface area contributed by atoms with Gasteiger partial charge in [-0.25, -0.2) is 24.5 Å². The Kier molecular flexibility index (Phi) is 6.57. The number of carbonyl (C=O) groups is 1. The molecule has 0 spiro atoms. The van der Waals surface area contributed by atoms with Gasteiger partial charge in [0.25, 0.3) is 5.91 Å². The molecule has 4 aromatic heterocycles. The number of aromatic nitrogens is 6. The zero-order chi connectivity index (χ0) is 27.6. The van der Waals surface area contributed by atoms with E-state index in [-0.39, 0.29) is 11.9 Å². The number of benzene rings is 1. The van der Waals surface area contributed by atoms with Crippen molar-refractivity contribution in [3.8, 4) is 23.3 Å². The second kappa shape index (κ2) is 10.5. The van der Waals surface area contributed by atoms with Gasteiger partial charge in [0.2, 0.25) is 0 Å². The standard InChI is InChI=1S/C29H27N9O2/c1-4-5-27(39)36-12-13-37(20(3)16-36)25-9-7-23-28(35-25)29(32-17-30-23)34-21-6-8-24(19(2)14-21)40-22-10-11-38-26(15-22)31-18-33-38/h6-11,14-15,17-18,20H,12-13,16H2,1-3H3,(H,30,32,34)/t20-/m0/s1. The lowest BCUT2D eigenvalue weighted by Crippen LogP contribution is -2.53. The first-order chi connectivity index (χ1) is 19.5. The zero-order valence-electron chi connectivity index (χ0n) is 22.4. The van der Waals surface area contributed by atoms with Gasteiger partial charge in [0.15, 0.2) is 11.5 Å². The predicted molar refractivity (Wildman–Crippen MR) is 152 cm³/mol. The Morgan fingerprint density at radius 3 is 2.80 bits per heavy atom. The van der Waals surface area contributed by atoms with Crippen molar-refractivity contribution in [2.24, 2.45) is 0 Å². The minimum absolute atomic E-state index is 0.0861. The molecule has 1 amide bonds. The van der Waals surface area contributed by atoms with Gasteiger partial charge in [-0.05, 0) is 68.7 Å². The number of carbonyl (C=O) groups excluding carboxylic acids is 1. The van der Waals surface area contributed by atoms with Crippen LogP contribution in [0.3, 0.4) is 0 Å². The summed E-state index contributed by atoms with van der Waals surface area (Å²) in [5.74, 6) is 8.03. The van der Waals surface area contributed by atoms with Gasteiger partial charge < -0.3 is 19.9 Å². The smallest absolute Gasteiger partial charge is 0.298 e. The third-order valence-corrected chi connectivity index (χ3v) is 6.83. The third kappa shape index (κ3) is 4.94. The van der Waals surface area contributed by atoms with Gasteiger partial charge in [-0.1, -0.05) is 5.92 Å². The van der Waals surface area contributed by atoms with E-state index < -0.39 is 0 Å². The van der Waals surface area contributed by atoms with Crippen LogP contribution in [-0.4, -0.2) is 66.0 Å². The first-order valence-electron chi connectivity index (χ1n) is 12.9. The molecular weight excluding hydrogens is 506 g/mol. The van der Waals surface area contributed by atoms with Gasteiger partial charge in [-0.15, -0.1) is 0 Å². The summed E-state index contributed by atoms with van der Waals surface area (Å²) in [6.45, 7) is 7.59. The number of anilines is 3. The van der Waals surface area contributed by atoms with Gasteiger partial charge in [-0.3, -0.25) is 4.79 Å². The molecule has 200 valence electrons. The van der Waals surface area contributed by atoms with E-state index in [4.69, 9.17) is 9.72 Å². The second-order valence-electron chi connectivity index (χ2n) is 9.56. The molecule has 1 saturated heterocycles. The summed E-state index contributed by atoms with van der Waals surface area (Å²) in [5.41, 5.74) is 3.92. The SMILES string of the molecule is CC#CC(=O)N1CCN(c2ccc3ncnc(Nc4ccc(Oc5ccn6ncnc6c5)c(C)c4)c3n2)[C@@H](C)C1. The van der Waals surface area contributed by atoms with Crippen molar-refractivity contribution in [2.75, 3.05) is 29.9 Å². The first kappa shape index (κ1) is 25.1. The Bertz CT molecular complexity index is 1790. The van der Waals surface area contributed by atoms with Crippen LogP contribution in [0.1, 0.15) is 19.4 Å². The van der Waals surface area contributed by atoms with Crippen molar-refractivity contribution >= 4 is 39.9 Å². The Morgan fingerprint density at radius 1 is 1.07 bits per heavy atom. The molecule has 1 aliphatic heterocycles. The van der Waals surface area contributed by atoms with Gasteiger partial charge >= 0.3 is 0 Å². The fraction of sp³-hybridized carbons (Fsp3) is 0.241. The Morgan fingerprint density at radius 2 is 1.98 bits per heavy atom. The van der Waals surface area contributed by atoms with Crippen LogP contribution in [0.5, 0.6) is 11.5 Å². The number of nitrogens with zero attached hydrogens (tertiary/aromatic N) is 8. The molecule has 6 rings (SSSR count). The van der Waals surface area contributed by atoms with Gasteiger partial charge in [0, 0.05) is 43.6 Å². The zero-order valence-corrected chi connectivity index (χ0v) is 22.4. The van der Waals surface area contributed by atoms with E-state index in [0.717, 1.165) is 28.3 Å². The Hall–Kier alpha value is -5.24. The molecule has 0 radical (unpaired) electrons. The summed E-state index contributed by atoms with van der Waals surface area (Å²) in [7, 11) is 0. The number of ether oxygens (including phenoxy) is 1. The van der Waals surface area contributed by atoms with E-state index in [0.29, 0.717) is 42.4 Å². The third-order valence-electron chi connectivity index (χ3n) is 6.83. The minimum atomic E-state index is -0.136. The van der Waals surface area contributed by atoms with Crippen LogP contribution >= 0.6 is 0 Å². The molecule has 1 aliphatic rings. The Labute approximate surface area is 230 Å². The number of amides is 1. The highest BCUT2D eigenvalue weighted by Gasteiger charge is 2.27. The van der Waals surface area contributed by atoms with E-state index in [1.54, 1.807) is 16.3 Å². The first-order valence-corrected chi connectivity index (χ1v) is 12.9. The van der Waals surface area contributed by atoms with Crippen molar-refractivity contribution < 1.29 is 9.53 Å². The average molecular weight is 534 g/mol. The fourth-order valence-electron chi connectivity index (χ4n) is 4.82. The molecule has 1 fully saturated rings. The highest BCUT2D eigenvalue weighted by molar-refractivity contribution is 5.93. The van der Waals surface area contributed by atoms with E-state index in [1.807, 2.05) is 55.6 Å². The van der Waals surface area contributed by atoms with Crippen molar-refractivity contribution in [3.63, 3.8) is 0 Å². The molecule has 1 N–H and O–H groups in total. The highest BCUT2D eigenvalue weighted by atomic mass is 16.5. The maximum absolute atomic E-state index is 12.2. The second-order valence-corrected chi connectivity index (χ2v) is 9.56. The van der Waals surface area contributed by atoms with E-state index >= 15 is 0 Å². The molecule has 0 unspecified atom stereocenters. The van der Waals surface area contributed by atoms with Crippen molar-refractivity contribution in [2.45, 2.75) is 26.8 Å². The predicted octanol–water partition coefficient (Wildman–Crippen LogP) is 3.97. The normalized spacial score (nSPS) is 15.1. The lowest BCUT2D eigenvalue weighted by molar-refractivity contribution is -0.125. The van der Waals surface area contributed by atoms with E-state index in [1.165, 1.54) is 12.7 Å². The topological polar surface area (TPSA) is 114 Å². The summed E-state index contributed by atoms with van der Waals surface area (Å²) < 4.78 is 7.79. The van der Waals surface area contributed by atoms with Crippen molar-refractivity contribution in [1.82, 2.24) is 34.4 Å². The maximum Gasteiger partial charge on any atom is 0.298 e. The number of hydrogen-bond acceptors (Lipinski definition) is 9. The molecule has 5 heterocycles.